The van der Waals surface area contributed by atoms with Crippen molar-refractivity contribution in [1.29, 1.82) is 0 Å². The molecule has 0 amide bonds. The first-order valence-electron chi connectivity index (χ1n) is 6.03. The lowest BCUT2D eigenvalue weighted by Crippen LogP contribution is -2.28. The van der Waals surface area contributed by atoms with Gasteiger partial charge in [-0.25, -0.2) is 0 Å². The molecular formula is C14H18ClNO. The summed E-state index contributed by atoms with van der Waals surface area (Å²) in [7, 11) is 0. The van der Waals surface area contributed by atoms with Gasteiger partial charge in [0.2, 0.25) is 0 Å². The molecule has 0 spiro atoms. The van der Waals surface area contributed by atoms with Crippen molar-refractivity contribution in [3.05, 3.63) is 41.9 Å². The Labute approximate surface area is 108 Å². The second-order valence-electron chi connectivity index (χ2n) is 4.39. The number of halogens is 1. The van der Waals surface area contributed by atoms with Crippen LogP contribution in [0.1, 0.15) is 12.8 Å². The summed E-state index contributed by atoms with van der Waals surface area (Å²) in [5, 5.41) is 4.11. The lowest BCUT2D eigenvalue weighted by molar-refractivity contribution is 0.145. The van der Waals surface area contributed by atoms with Gasteiger partial charge in [-0.15, -0.1) is 6.58 Å². The molecule has 1 heterocycles. The summed E-state index contributed by atoms with van der Waals surface area (Å²) in [6.45, 7) is 5.93. The Morgan fingerprint density at radius 1 is 1.47 bits per heavy atom. The summed E-state index contributed by atoms with van der Waals surface area (Å²) >= 11 is 5.85. The first-order valence-corrected chi connectivity index (χ1v) is 6.41. The van der Waals surface area contributed by atoms with Crippen molar-refractivity contribution >= 4 is 11.6 Å². The third-order valence-electron chi connectivity index (χ3n) is 3.12. The van der Waals surface area contributed by atoms with Crippen molar-refractivity contribution in [3.63, 3.8) is 0 Å². The van der Waals surface area contributed by atoms with Gasteiger partial charge in [-0.1, -0.05) is 17.7 Å². The first-order chi connectivity index (χ1) is 8.29. The average Bonchev–Trinajstić information content (AvgIpc) is 2.85. The van der Waals surface area contributed by atoms with Crippen LogP contribution < -0.4 is 10.1 Å². The fourth-order valence-corrected chi connectivity index (χ4v) is 2.31. The number of ether oxygens (including phenoxy) is 1. The smallest absolute Gasteiger partial charge is 0.119 e. The standard InChI is InChI=1S/C14H18ClNO/c1-2-3-14(11-8-9-16-10-11)17-13-6-4-12(15)5-7-13/h2,4-7,11,14,16H,1,3,8-10H2/t11?,14-/m0/s1. The van der Waals surface area contributed by atoms with E-state index in [4.69, 9.17) is 16.3 Å². The Kier molecular flexibility index (Phi) is 4.46. The molecule has 1 N–H and O–H groups in total. The predicted molar refractivity (Wildman–Crippen MR) is 71.7 cm³/mol. The number of rotatable bonds is 5. The molecule has 2 rings (SSSR count). The van der Waals surface area contributed by atoms with E-state index in [9.17, 15) is 0 Å². The van der Waals surface area contributed by atoms with E-state index in [-0.39, 0.29) is 6.10 Å². The predicted octanol–water partition coefficient (Wildman–Crippen LogP) is 3.27. The topological polar surface area (TPSA) is 21.3 Å². The molecule has 0 aliphatic carbocycles. The molecular weight excluding hydrogens is 234 g/mol. The second kappa shape index (κ2) is 6.08. The van der Waals surface area contributed by atoms with E-state index in [1.54, 1.807) is 0 Å². The van der Waals surface area contributed by atoms with E-state index in [1.165, 1.54) is 6.42 Å². The molecule has 2 nitrogen and oxygen atoms in total. The van der Waals surface area contributed by atoms with Crippen molar-refractivity contribution in [3.8, 4) is 5.75 Å². The van der Waals surface area contributed by atoms with Crippen LogP contribution in [0.15, 0.2) is 36.9 Å². The maximum Gasteiger partial charge on any atom is 0.119 e. The van der Waals surface area contributed by atoms with Gasteiger partial charge in [0.25, 0.3) is 0 Å². The van der Waals surface area contributed by atoms with Gasteiger partial charge in [0.05, 0.1) is 0 Å². The zero-order valence-corrected chi connectivity index (χ0v) is 10.6. The number of nitrogens with one attached hydrogen (secondary N) is 1. The molecule has 1 saturated heterocycles. The van der Waals surface area contributed by atoms with Crippen LogP contribution in [-0.2, 0) is 0 Å². The Morgan fingerprint density at radius 3 is 2.82 bits per heavy atom. The van der Waals surface area contributed by atoms with Crippen molar-refractivity contribution < 1.29 is 4.74 Å². The lowest BCUT2D eigenvalue weighted by atomic mass is 9.99. The highest BCUT2D eigenvalue weighted by atomic mass is 35.5. The Balaban J connectivity index is 2.01. The monoisotopic (exact) mass is 251 g/mol. The van der Waals surface area contributed by atoms with Gasteiger partial charge >= 0.3 is 0 Å². The number of benzene rings is 1. The number of hydrogen-bond acceptors (Lipinski definition) is 2. The molecule has 0 saturated carbocycles. The Bertz CT molecular complexity index is 357. The van der Waals surface area contributed by atoms with E-state index in [0.29, 0.717) is 5.92 Å². The highest BCUT2D eigenvalue weighted by Crippen LogP contribution is 2.23. The molecule has 1 aromatic rings. The van der Waals surface area contributed by atoms with E-state index < -0.39 is 0 Å². The summed E-state index contributed by atoms with van der Waals surface area (Å²) in [5.74, 6) is 1.46. The molecule has 17 heavy (non-hydrogen) atoms. The minimum Gasteiger partial charge on any atom is -0.490 e. The summed E-state index contributed by atoms with van der Waals surface area (Å²) in [6.07, 6.45) is 4.20. The molecule has 0 aromatic heterocycles. The summed E-state index contributed by atoms with van der Waals surface area (Å²) in [5.41, 5.74) is 0. The highest BCUT2D eigenvalue weighted by Gasteiger charge is 2.25. The third kappa shape index (κ3) is 3.48. The lowest BCUT2D eigenvalue weighted by Gasteiger charge is -2.23. The summed E-state index contributed by atoms with van der Waals surface area (Å²) in [6, 6.07) is 7.55. The van der Waals surface area contributed by atoms with Gasteiger partial charge in [0.1, 0.15) is 11.9 Å². The van der Waals surface area contributed by atoms with Gasteiger partial charge < -0.3 is 10.1 Å². The van der Waals surface area contributed by atoms with E-state index >= 15 is 0 Å². The van der Waals surface area contributed by atoms with Crippen LogP contribution in [0.4, 0.5) is 0 Å². The molecule has 1 aromatic carbocycles. The highest BCUT2D eigenvalue weighted by molar-refractivity contribution is 6.30. The third-order valence-corrected chi connectivity index (χ3v) is 3.38. The first kappa shape index (κ1) is 12.5. The molecule has 92 valence electrons. The quantitative estimate of drug-likeness (QED) is 0.811. The van der Waals surface area contributed by atoms with E-state index in [0.717, 1.165) is 30.3 Å². The van der Waals surface area contributed by atoms with Crippen molar-refractivity contribution in [2.75, 3.05) is 13.1 Å². The van der Waals surface area contributed by atoms with Gasteiger partial charge in [-0.05, 0) is 37.2 Å². The molecule has 2 atom stereocenters. The number of hydrogen-bond donors (Lipinski definition) is 1. The van der Waals surface area contributed by atoms with E-state index in [1.807, 2.05) is 30.3 Å². The molecule has 1 aliphatic rings. The van der Waals surface area contributed by atoms with Crippen LogP contribution in [0.25, 0.3) is 0 Å². The van der Waals surface area contributed by atoms with Gasteiger partial charge in [0.15, 0.2) is 0 Å². The molecule has 1 fully saturated rings. The van der Waals surface area contributed by atoms with Crippen LogP contribution in [0.2, 0.25) is 5.02 Å². The zero-order valence-electron chi connectivity index (χ0n) is 9.86. The fourth-order valence-electron chi connectivity index (χ4n) is 2.18. The minimum atomic E-state index is 0.212. The normalized spacial score (nSPS) is 21.1. The van der Waals surface area contributed by atoms with Crippen LogP contribution in [-0.4, -0.2) is 19.2 Å². The molecule has 3 heteroatoms. The van der Waals surface area contributed by atoms with Gasteiger partial charge in [-0.2, -0.15) is 0 Å². The van der Waals surface area contributed by atoms with Crippen LogP contribution in [0.5, 0.6) is 5.75 Å². The van der Waals surface area contributed by atoms with Crippen molar-refractivity contribution in [2.45, 2.75) is 18.9 Å². The van der Waals surface area contributed by atoms with Gasteiger partial charge in [0, 0.05) is 23.9 Å². The molecule has 0 radical (unpaired) electrons. The largest absolute Gasteiger partial charge is 0.490 e. The maximum atomic E-state index is 6.02. The minimum absolute atomic E-state index is 0.212. The summed E-state index contributed by atoms with van der Waals surface area (Å²) in [4.78, 5) is 0. The second-order valence-corrected chi connectivity index (χ2v) is 4.82. The van der Waals surface area contributed by atoms with Crippen molar-refractivity contribution in [2.24, 2.45) is 5.92 Å². The van der Waals surface area contributed by atoms with Crippen molar-refractivity contribution in [1.82, 2.24) is 5.32 Å². The van der Waals surface area contributed by atoms with E-state index in [2.05, 4.69) is 11.9 Å². The fraction of sp³-hybridized carbons (Fsp3) is 0.429. The summed E-state index contributed by atoms with van der Waals surface area (Å²) < 4.78 is 6.02. The SMILES string of the molecule is C=CC[C@H](Oc1ccc(Cl)cc1)C1CCNC1. The van der Waals surface area contributed by atoms with Crippen LogP contribution >= 0.6 is 11.6 Å². The Hall–Kier alpha value is -0.990. The average molecular weight is 252 g/mol. The molecule has 1 aliphatic heterocycles. The molecule has 0 bridgehead atoms. The zero-order chi connectivity index (χ0) is 12.1. The Morgan fingerprint density at radius 2 is 2.24 bits per heavy atom. The molecule has 1 unspecified atom stereocenters. The van der Waals surface area contributed by atoms with Gasteiger partial charge in [-0.3, -0.25) is 0 Å². The maximum absolute atomic E-state index is 6.02. The van der Waals surface area contributed by atoms with Crippen LogP contribution in [0, 0.1) is 5.92 Å². The van der Waals surface area contributed by atoms with Crippen LogP contribution in [0.3, 0.4) is 0 Å².